The van der Waals surface area contributed by atoms with Crippen LogP contribution in [0, 0.1) is 6.92 Å². The summed E-state index contributed by atoms with van der Waals surface area (Å²) in [5, 5.41) is 27.8. The quantitative estimate of drug-likeness (QED) is 0.353. The average molecular weight is 517 g/mol. The standard InChI is InChI=1S/C21H17BrN4O5S/c1-11-18(32-26-25-11)9-17(21(30)31)24-20(29)15-6-5-13(8-16(15)22)19(28)23-10-12-3-2-4-14(27)7-12/h2-9,27H,10H2,1H3,(H,23,28)(H,24,29)(H,30,31)/b17-9+. The van der Waals surface area contributed by atoms with Gasteiger partial charge in [0.15, 0.2) is 0 Å². The van der Waals surface area contributed by atoms with Crippen LogP contribution in [-0.2, 0) is 11.3 Å². The molecule has 0 saturated carbocycles. The number of phenols is 1. The first-order chi connectivity index (χ1) is 15.2. The fourth-order valence-electron chi connectivity index (χ4n) is 2.64. The summed E-state index contributed by atoms with van der Waals surface area (Å²) in [5.74, 6) is -2.25. The number of carbonyl (C=O) groups excluding carboxylic acids is 2. The lowest BCUT2D eigenvalue weighted by atomic mass is 10.1. The van der Waals surface area contributed by atoms with Crippen LogP contribution in [0.5, 0.6) is 5.75 Å². The molecule has 164 valence electrons. The van der Waals surface area contributed by atoms with Crippen molar-refractivity contribution in [3.05, 3.63) is 79.9 Å². The highest BCUT2D eigenvalue weighted by Crippen LogP contribution is 2.20. The summed E-state index contributed by atoms with van der Waals surface area (Å²) in [7, 11) is 0. The first-order valence-corrected chi connectivity index (χ1v) is 10.7. The van der Waals surface area contributed by atoms with E-state index in [-0.39, 0.29) is 29.5 Å². The SMILES string of the molecule is Cc1nnsc1/C=C(/NC(=O)c1ccc(C(=O)NCc2cccc(O)c2)cc1Br)C(=O)O. The van der Waals surface area contributed by atoms with E-state index in [9.17, 15) is 24.6 Å². The van der Waals surface area contributed by atoms with Crippen LogP contribution in [0.1, 0.15) is 36.9 Å². The van der Waals surface area contributed by atoms with E-state index in [2.05, 4.69) is 36.2 Å². The predicted octanol–water partition coefficient (Wildman–Crippen LogP) is 3.10. The zero-order valence-corrected chi connectivity index (χ0v) is 19.0. The monoisotopic (exact) mass is 516 g/mol. The highest BCUT2D eigenvalue weighted by Gasteiger charge is 2.18. The predicted molar refractivity (Wildman–Crippen MR) is 121 cm³/mol. The van der Waals surface area contributed by atoms with Crippen molar-refractivity contribution in [1.82, 2.24) is 20.2 Å². The molecule has 11 heteroatoms. The van der Waals surface area contributed by atoms with Gasteiger partial charge in [0.1, 0.15) is 11.4 Å². The normalized spacial score (nSPS) is 11.1. The maximum absolute atomic E-state index is 12.6. The number of aromatic nitrogens is 2. The Morgan fingerprint density at radius 3 is 2.56 bits per heavy atom. The summed E-state index contributed by atoms with van der Waals surface area (Å²) < 4.78 is 4.05. The number of phenolic OH excluding ortho intramolecular Hbond substituents is 1. The largest absolute Gasteiger partial charge is 0.508 e. The summed E-state index contributed by atoms with van der Waals surface area (Å²) >= 11 is 4.27. The molecule has 0 radical (unpaired) electrons. The van der Waals surface area contributed by atoms with Crippen molar-refractivity contribution in [3.63, 3.8) is 0 Å². The van der Waals surface area contributed by atoms with Gasteiger partial charge in [-0.15, -0.1) is 5.10 Å². The Hall–Kier alpha value is -3.57. The minimum atomic E-state index is -1.31. The molecule has 0 bridgehead atoms. The second-order valence-corrected chi connectivity index (χ2v) is 8.23. The van der Waals surface area contributed by atoms with Crippen LogP contribution in [0.15, 0.2) is 52.6 Å². The maximum atomic E-state index is 12.6. The molecule has 2 aromatic carbocycles. The van der Waals surface area contributed by atoms with Crippen LogP contribution < -0.4 is 10.6 Å². The van der Waals surface area contributed by atoms with Gasteiger partial charge in [0.05, 0.1) is 16.1 Å². The third kappa shape index (κ3) is 5.77. The van der Waals surface area contributed by atoms with E-state index < -0.39 is 11.9 Å². The Morgan fingerprint density at radius 2 is 1.94 bits per heavy atom. The Bertz CT molecular complexity index is 1220. The molecule has 0 aliphatic heterocycles. The zero-order chi connectivity index (χ0) is 23.3. The lowest BCUT2D eigenvalue weighted by Crippen LogP contribution is -2.28. The average Bonchev–Trinajstić information content (AvgIpc) is 3.15. The molecule has 1 heterocycles. The van der Waals surface area contributed by atoms with E-state index in [4.69, 9.17) is 0 Å². The number of benzene rings is 2. The van der Waals surface area contributed by atoms with E-state index in [1.807, 2.05) is 0 Å². The number of carbonyl (C=O) groups is 3. The molecule has 3 rings (SSSR count). The molecule has 1 aromatic heterocycles. The smallest absolute Gasteiger partial charge is 0.352 e. The number of amides is 2. The third-order valence-electron chi connectivity index (χ3n) is 4.28. The molecular formula is C21H17BrN4O5S. The molecule has 0 atom stereocenters. The van der Waals surface area contributed by atoms with Crippen molar-refractivity contribution in [2.75, 3.05) is 0 Å². The molecular weight excluding hydrogens is 500 g/mol. The van der Waals surface area contributed by atoms with Gasteiger partial charge in [-0.1, -0.05) is 16.6 Å². The summed E-state index contributed by atoms with van der Waals surface area (Å²) in [6.45, 7) is 1.89. The van der Waals surface area contributed by atoms with Crippen molar-refractivity contribution in [2.45, 2.75) is 13.5 Å². The first-order valence-electron chi connectivity index (χ1n) is 9.15. The molecule has 2 amide bonds. The fourth-order valence-corrected chi connectivity index (χ4v) is 3.79. The van der Waals surface area contributed by atoms with Gasteiger partial charge in [0.25, 0.3) is 11.8 Å². The molecule has 0 saturated heterocycles. The van der Waals surface area contributed by atoms with Crippen LogP contribution in [-0.4, -0.2) is 37.6 Å². The highest BCUT2D eigenvalue weighted by atomic mass is 79.9. The van der Waals surface area contributed by atoms with Crippen LogP contribution in [0.3, 0.4) is 0 Å². The van der Waals surface area contributed by atoms with E-state index in [1.165, 1.54) is 30.3 Å². The van der Waals surface area contributed by atoms with Crippen LogP contribution in [0.25, 0.3) is 6.08 Å². The number of nitrogens with zero attached hydrogens (tertiary/aromatic N) is 2. The van der Waals surface area contributed by atoms with Gasteiger partial charge in [0, 0.05) is 16.6 Å². The van der Waals surface area contributed by atoms with Gasteiger partial charge in [0.2, 0.25) is 0 Å². The third-order valence-corrected chi connectivity index (χ3v) is 5.71. The Balaban J connectivity index is 1.71. The minimum absolute atomic E-state index is 0.103. The lowest BCUT2D eigenvalue weighted by molar-refractivity contribution is -0.132. The van der Waals surface area contributed by atoms with Crippen molar-refractivity contribution >= 4 is 51.3 Å². The zero-order valence-electron chi connectivity index (χ0n) is 16.6. The highest BCUT2D eigenvalue weighted by molar-refractivity contribution is 9.10. The van der Waals surface area contributed by atoms with Crippen LogP contribution in [0.4, 0.5) is 0 Å². The topological polar surface area (TPSA) is 142 Å². The van der Waals surface area contributed by atoms with E-state index in [0.29, 0.717) is 20.6 Å². The number of aryl methyl sites for hydroxylation is 1. The Kier molecular flexibility index (Phi) is 7.33. The molecule has 0 aliphatic rings. The Morgan fingerprint density at radius 1 is 1.16 bits per heavy atom. The number of aliphatic carboxylic acids is 1. The number of carboxylic acid groups (broad SMARTS) is 1. The van der Waals surface area contributed by atoms with E-state index >= 15 is 0 Å². The van der Waals surface area contributed by atoms with Crippen LogP contribution >= 0.6 is 27.5 Å². The number of nitrogens with one attached hydrogen (secondary N) is 2. The van der Waals surface area contributed by atoms with E-state index in [1.54, 1.807) is 25.1 Å². The molecule has 9 nitrogen and oxygen atoms in total. The molecule has 0 fully saturated rings. The maximum Gasteiger partial charge on any atom is 0.352 e. The van der Waals surface area contributed by atoms with Gasteiger partial charge in [-0.05, 0) is 76.4 Å². The number of aromatic hydroxyl groups is 1. The number of hydrogen-bond acceptors (Lipinski definition) is 7. The Labute approximate surface area is 195 Å². The molecule has 0 spiro atoms. The minimum Gasteiger partial charge on any atom is -0.508 e. The number of halogens is 1. The van der Waals surface area contributed by atoms with Crippen molar-refractivity contribution in [3.8, 4) is 5.75 Å². The lowest BCUT2D eigenvalue weighted by Gasteiger charge is -2.10. The van der Waals surface area contributed by atoms with Gasteiger partial charge >= 0.3 is 5.97 Å². The summed E-state index contributed by atoms with van der Waals surface area (Å²) in [6.07, 6.45) is 1.29. The molecule has 0 aliphatic carbocycles. The van der Waals surface area contributed by atoms with Gasteiger partial charge in [-0.2, -0.15) is 0 Å². The van der Waals surface area contributed by atoms with Gasteiger partial charge in [-0.3, -0.25) is 9.59 Å². The van der Waals surface area contributed by atoms with E-state index in [0.717, 1.165) is 17.1 Å². The molecule has 32 heavy (non-hydrogen) atoms. The van der Waals surface area contributed by atoms with Gasteiger partial charge < -0.3 is 20.8 Å². The molecule has 0 unspecified atom stereocenters. The summed E-state index contributed by atoms with van der Waals surface area (Å²) in [6, 6.07) is 10.9. The number of hydrogen-bond donors (Lipinski definition) is 4. The second kappa shape index (κ2) is 10.2. The van der Waals surface area contributed by atoms with Crippen molar-refractivity contribution in [2.24, 2.45) is 0 Å². The van der Waals surface area contributed by atoms with Crippen LogP contribution in [0.2, 0.25) is 0 Å². The second-order valence-electron chi connectivity index (χ2n) is 6.59. The van der Waals surface area contributed by atoms with Crippen molar-refractivity contribution < 1.29 is 24.6 Å². The molecule has 4 N–H and O–H groups in total. The van der Waals surface area contributed by atoms with Gasteiger partial charge in [-0.25, -0.2) is 4.79 Å². The first kappa shape index (κ1) is 23.1. The fraction of sp³-hybridized carbons (Fsp3) is 0.0952. The number of rotatable bonds is 7. The molecule has 3 aromatic rings. The summed E-state index contributed by atoms with van der Waals surface area (Å²) in [5.41, 5.74) is 1.40. The number of carboxylic acids is 1. The summed E-state index contributed by atoms with van der Waals surface area (Å²) in [4.78, 5) is 37.1. The van der Waals surface area contributed by atoms with Crippen molar-refractivity contribution in [1.29, 1.82) is 0 Å².